The van der Waals surface area contributed by atoms with E-state index in [9.17, 15) is 37.5 Å². The molecule has 57 heavy (non-hydrogen) atoms. The second-order valence-corrected chi connectivity index (χ2v) is 16.2. The van der Waals surface area contributed by atoms with Crippen molar-refractivity contribution in [2.45, 2.75) is 53.9 Å². The SMILES string of the molecule is COc1cc(O)c(C2C3=CCC4C(=O)N(C5CCN(Cc6ccccc6)CC5)C(=O)C4C3CC3(Cl)C(=O)N(c4c(F)c(F)c(F)c(F)c4F)C(=O)C23Cl)c(OC)c1. The van der Waals surface area contributed by atoms with E-state index in [1.54, 1.807) is 6.08 Å². The molecule has 17 heteroatoms. The van der Waals surface area contributed by atoms with Gasteiger partial charge in [-0.2, -0.15) is 0 Å². The number of carbonyl (C=O) groups is 4. The second kappa shape index (κ2) is 14.0. The van der Waals surface area contributed by atoms with Crippen molar-refractivity contribution in [3.8, 4) is 17.2 Å². The minimum atomic E-state index is -2.84. The van der Waals surface area contributed by atoms with Gasteiger partial charge in [-0.05, 0) is 37.2 Å². The van der Waals surface area contributed by atoms with Gasteiger partial charge in [-0.3, -0.25) is 29.0 Å². The Kier molecular flexibility index (Phi) is 9.59. The topological polar surface area (TPSA) is 117 Å². The molecule has 0 aromatic heterocycles. The Balaban J connectivity index is 1.22. The molecule has 3 aliphatic heterocycles. The molecule has 0 radical (unpaired) electrons. The smallest absolute Gasteiger partial charge is 0.258 e. The Bertz CT molecular complexity index is 2250. The summed E-state index contributed by atoms with van der Waals surface area (Å²) in [7, 11) is 2.51. The molecule has 4 amide bonds. The molecule has 0 spiro atoms. The van der Waals surface area contributed by atoms with E-state index in [1.807, 2.05) is 30.3 Å². The zero-order valence-corrected chi connectivity index (χ0v) is 31.9. The summed E-state index contributed by atoms with van der Waals surface area (Å²) >= 11 is 14.5. The van der Waals surface area contributed by atoms with Crippen molar-refractivity contribution in [3.63, 3.8) is 0 Å². The largest absolute Gasteiger partial charge is 0.507 e. The number of benzene rings is 3. The molecular weight excluding hydrogens is 800 g/mol. The number of hydrogen-bond acceptors (Lipinski definition) is 8. The Morgan fingerprint density at radius 3 is 2.07 bits per heavy atom. The number of amides is 4. The van der Waals surface area contributed by atoms with Crippen LogP contribution in [0.1, 0.15) is 42.7 Å². The first-order chi connectivity index (χ1) is 27.1. The maximum absolute atomic E-state index is 15.4. The quantitative estimate of drug-likeness (QED) is 0.0734. The number of phenolic OH excluding ortho intramolecular Hbond substituents is 1. The minimum Gasteiger partial charge on any atom is -0.507 e. The van der Waals surface area contributed by atoms with Crippen molar-refractivity contribution in [2.24, 2.45) is 17.8 Å². The number of anilines is 1. The van der Waals surface area contributed by atoms with Crippen molar-refractivity contribution < 1.29 is 55.7 Å². The lowest BCUT2D eigenvalue weighted by Gasteiger charge is -2.51. The van der Waals surface area contributed by atoms with Gasteiger partial charge in [-0.15, -0.1) is 23.2 Å². The van der Waals surface area contributed by atoms with Crippen LogP contribution in [0.25, 0.3) is 0 Å². The highest BCUT2D eigenvalue weighted by molar-refractivity contribution is 6.58. The summed E-state index contributed by atoms with van der Waals surface area (Å²) in [6.07, 6.45) is 1.84. The number of halogens is 7. The van der Waals surface area contributed by atoms with E-state index in [0.717, 1.165) is 11.6 Å². The van der Waals surface area contributed by atoms with Crippen molar-refractivity contribution in [3.05, 3.63) is 94.3 Å². The number of fused-ring (bicyclic) bond motifs is 4. The molecule has 1 saturated carbocycles. The molecule has 2 aliphatic carbocycles. The third-order valence-corrected chi connectivity index (χ3v) is 13.7. The van der Waals surface area contributed by atoms with Crippen LogP contribution < -0.4 is 14.4 Å². The standard InChI is InChI=1S/C40H34Cl2F5N3O7/c1-56-20-14-24(51)27(25(15-20)57-2)28-21-8-9-22-26(36(53)49(35(22)52)19-10-12-48(13-11-19)17-18-6-4-3-5-7-18)23(21)16-39(41)37(54)50(38(55)40(28,39)42)34-32(46)30(44)29(43)31(45)33(34)47/h3-8,14-15,19,22-23,26,28,51H,9-13,16-17H2,1-2H3. The molecule has 3 aromatic rings. The number of aromatic hydroxyl groups is 1. The van der Waals surface area contributed by atoms with Crippen LogP contribution in [-0.2, 0) is 25.7 Å². The van der Waals surface area contributed by atoms with Crippen LogP contribution in [0.4, 0.5) is 27.6 Å². The molecule has 8 rings (SSSR count). The van der Waals surface area contributed by atoms with E-state index in [0.29, 0.717) is 32.5 Å². The van der Waals surface area contributed by atoms with Gasteiger partial charge in [-0.1, -0.05) is 42.0 Å². The Hall–Kier alpha value is -4.73. The van der Waals surface area contributed by atoms with Crippen LogP contribution in [0.2, 0.25) is 0 Å². The average molecular weight is 835 g/mol. The maximum atomic E-state index is 15.4. The second-order valence-electron chi connectivity index (χ2n) is 15.0. The van der Waals surface area contributed by atoms with Crippen LogP contribution in [0.5, 0.6) is 17.2 Å². The van der Waals surface area contributed by atoms with E-state index < -0.39 is 110 Å². The lowest BCUT2D eigenvalue weighted by atomic mass is 9.56. The molecule has 0 bridgehead atoms. The first kappa shape index (κ1) is 39.1. The highest BCUT2D eigenvalue weighted by Gasteiger charge is 2.77. The molecule has 6 unspecified atom stereocenters. The van der Waals surface area contributed by atoms with Gasteiger partial charge in [0, 0.05) is 49.3 Å². The third-order valence-electron chi connectivity index (χ3n) is 12.3. The average Bonchev–Trinajstić information content (AvgIpc) is 3.54. The number of alkyl halides is 2. The zero-order chi connectivity index (χ0) is 40.9. The van der Waals surface area contributed by atoms with Crippen molar-refractivity contribution in [2.75, 3.05) is 32.2 Å². The number of ether oxygens (including phenoxy) is 2. The van der Waals surface area contributed by atoms with Crippen LogP contribution in [0.3, 0.4) is 0 Å². The fourth-order valence-electron chi connectivity index (χ4n) is 9.61. The van der Waals surface area contributed by atoms with Gasteiger partial charge in [0.15, 0.2) is 33.0 Å². The van der Waals surface area contributed by atoms with E-state index >= 15 is 8.78 Å². The van der Waals surface area contributed by atoms with Gasteiger partial charge in [-0.25, -0.2) is 26.9 Å². The lowest BCUT2D eigenvalue weighted by Crippen LogP contribution is -2.60. The Morgan fingerprint density at radius 2 is 1.46 bits per heavy atom. The number of phenols is 1. The van der Waals surface area contributed by atoms with Gasteiger partial charge < -0.3 is 14.6 Å². The van der Waals surface area contributed by atoms with Crippen molar-refractivity contribution in [1.82, 2.24) is 9.80 Å². The molecule has 10 nitrogen and oxygen atoms in total. The number of piperidine rings is 1. The summed E-state index contributed by atoms with van der Waals surface area (Å²) in [4.78, 5) is 55.6. The summed E-state index contributed by atoms with van der Waals surface area (Å²) in [6.45, 7) is 1.88. The van der Waals surface area contributed by atoms with Crippen molar-refractivity contribution in [1.29, 1.82) is 0 Å². The predicted molar refractivity (Wildman–Crippen MR) is 194 cm³/mol. The summed E-state index contributed by atoms with van der Waals surface area (Å²) in [5, 5.41) is 11.5. The fraction of sp³-hybridized carbons (Fsp3) is 0.400. The van der Waals surface area contributed by atoms with E-state index in [4.69, 9.17) is 32.7 Å². The van der Waals surface area contributed by atoms with Gasteiger partial charge in [0.25, 0.3) is 11.8 Å². The molecule has 3 saturated heterocycles. The lowest BCUT2D eigenvalue weighted by molar-refractivity contribution is -0.144. The summed E-state index contributed by atoms with van der Waals surface area (Å²) in [5.41, 5.74) is -0.841. The minimum absolute atomic E-state index is 0.0358. The Labute approximate surface area is 332 Å². The molecule has 1 N–H and O–H groups in total. The number of allylic oxidation sites excluding steroid dienone is 2. The number of methoxy groups -OCH3 is 2. The molecule has 6 atom stereocenters. The zero-order valence-electron chi connectivity index (χ0n) is 30.3. The first-order valence-corrected chi connectivity index (χ1v) is 18.9. The molecule has 5 aliphatic rings. The number of carbonyl (C=O) groups excluding carboxylic acids is 4. The van der Waals surface area contributed by atoms with Crippen LogP contribution >= 0.6 is 23.2 Å². The normalized spacial score (nSPS) is 29.0. The summed E-state index contributed by atoms with van der Waals surface area (Å²) in [5.74, 6) is -22.3. The fourth-order valence-corrected chi connectivity index (χ4v) is 10.5. The molecule has 4 fully saturated rings. The molecular formula is C40H34Cl2F5N3O7. The Morgan fingerprint density at radius 1 is 0.825 bits per heavy atom. The number of imide groups is 2. The predicted octanol–water partition coefficient (Wildman–Crippen LogP) is 6.33. The van der Waals surface area contributed by atoms with Gasteiger partial charge in [0.05, 0.1) is 26.1 Å². The van der Waals surface area contributed by atoms with E-state index in [1.165, 1.54) is 25.2 Å². The molecule has 3 aromatic carbocycles. The molecule has 300 valence electrons. The third kappa shape index (κ3) is 5.51. The highest BCUT2D eigenvalue weighted by Crippen LogP contribution is 2.68. The van der Waals surface area contributed by atoms with Crippen LogP contribution in [0.15, 0.2) is 54.1 Å². The first-order valence-electron chi connectivity index (χ1n) is 18.2. The van der Waals surface area contributed by atoms with E-state index in [-0.39, 0.29) is 34.0 Å². The number of likely N-dealkylation sites (tertiary alicyclic amines) is 2. The van der Waals surface area contributed by atoms with Crippen LogP contribution in [-0.4, -0.2) is 81.6 Å². The monoisotopic (exact) mass is 833 g/mol. The molecule has 3 heterocycles. The van der Waals surface area contributed by atoms with Crippen molar-refractivity contribution >= 4 is 52.5 Å². The maximum Gasteiger partial charge on any atom is 0.258 e. The van der Waals surface area contributed by atoms with E-state index in [2.05, 4.69) is 4.90 Å². The highest BCUT2D eigenvalue weighted by atomic mass is 35.5. The number of hydrogen-bond donors (Lipinski definition) is 1. The van der Waals surface area contributed by atoms with Crippen LogP contribution in [0, 0.1) is 46.8 Å². The van der Waals surface area contributed by atoms with Gasteiger partial charge in [0.2, 0.25) is 17.6 Å². The number of rotatable bonds is 7. The number of nitrogens with zero attached hydrogens (tertiary/aromatic N) is 3. The van der Waals surface area contributed by atoms with Gasteiger partial charge >= 0.3 is 0 Å². The summed E-state index contributed by atoms with van der Waals surface area (Å²) < 4.78 is 85.0. The van der Waals surface area contributed by atoms with Gasteiger partial charge in [0.1, 0.15) is 22.9 Å². The summed E-state index contributed by atoms with van der Waals surface area (Å²) in [6, 6.07) is 11.8.